The Bertz CT molecular complexity index is 541. The molecule has 0 aliphatic carbocycles. The lowest BCUT2D eigenvalue weighted by molar-refractivity contribution is 0.0566. The van der Waals surface area contributed by atoms with Crippen LogP contribution in [0.5, 0.6) is 5.75 Å². The maximum absolute atomic E-state index is 12.4. The number of halogens is 2. The molecule has 18 heavy (non-hydrogen) atoms. The van der Waals surface area contributed by atoms with E-state index in [9.17, 15) is 8.78 Å². The molecule has 0 atom stereocenters. The third kappa shape index (κ3) is 2.33. The smallest absolute Gasteiger partial charge is 0.333 e. The number of methoxy groups -OCH3 is 1. The normalized spacial score (nSPS) is 10.9. The van der Waals surface area contributed by atoms with E-state index in [-0.39, 0.29) is 6.61 Å². The molecular formula is C12H12F2N2O2. The van der Waals surface area contributed by atoms with Crippen molar-refractivity contribution in [2.24, 2.45) is 0 Å². The fourth-order valence-electron chi connectivity index (χ4n) is 1.66. The molecule has 1 aromatic heterocycles. The molecule has 6 heteroatoms. The maximum Gasteiger partial charge on any atom is 0.333 e. The van der Waals surface area contributed by atoms with Crippen LogP contribution in [-0.4, -0.2) is 22.0 Å². The van der Waals surface area contributed by atoms with Crippen molar-refractivity contribution in [3.8, 4) is 16.9 Å². The molecule has 0 bridgehead atoms. The summed E-state index contributed by atoms with van der Waals surface area (Å²) in [6, 6.07) is 5.07. The second-order valence-electron chi connectivity index (χ2n) is 3.68. The summed E-state index contributed by atoms with van der Waals surface area (Å²) in [5, 5.41) is 12.6. The van der Waals surface area contributed by atoms with Crippen molar-refractivity contribution in [1.29, 1.82) is 0 Å². The lowest BCUT2D eigenvalue weighted by Gasteiger charge is -2.08. The topological polar surface area (TPSA) is 47.3 Å². The highest BCUT2D eigenvalue weighted by atomic mass is 19.3. The molecule has 1 heterocycles. The minimum absolute atomic E-state index is 0.104. The van der Waals surface area contributed by atoms with Crippen LogP contribution in [0.4, 0.5) is 8.78 Å². The first-order valence-electron chi connectivity index (χ1n) is 5.26. The minimum atomic E-state index is -2.67. The summed E-state index contributed by atoms with van der Waals surface area (Å²) in [6.07, 6.45) is 2.60. The Hall–Kier alpha value is -1.95. The zero-order valence-corrected chi connectivity index (χ0v) is 9.68. The SMILES string of the molecule is COc1cc(CO)ccc1-c1cnn(C(F)F)c1. The molecule has 0 amide bonds. The minimum Gasteiger partial charge on any atom is -0.496 e. The fraction of sp³-hybridized carbons (Fsp3) is 0.250. The predicted molar refractivity (Wildman–Crippen MR) is 61.4 cm³/mol. The van der Waals surface area contributed by atoms with Gasteiger partial charge >= 0.3 is 6.55 Å². The van der Waals surface area contributed by atoms with Crippen molar-refractivity contribution < 1.29 is 18.6 Å². The Kier molecular flexibility index (Phi) is 3.57. The zero-order valence-electron chi connectivity index (χ0n) is 9.68. The highest BCUT2D eigenvalue weighted by molar-refractivity contribution is 5.69. The van der Waals surface area contributed by atoms with E-state index in [1.165, 1.54) is 19.5 Å². The number of aliphatic hydroxyl groups excluding tert-OH is 1. The summed E-state index contributed by atoms with van der Waals surface area (Å²) in [6.45, 7) is -2.77. The van der Waals surface area contributed by atoms with Gasteiger partial charge in [0.1, 0.15) is 5.75 Å². The van der Waals surface area contributed by atoms with Gasteiger partial charge in [0.25, 0.3) is 0 Å². The molecule has 2 rings (SSSR count). The Morgan fingerprint density at radius 3 is 2.78 bits per heavy atom. The van der Waals surface area contributed by atoms with Crippen molar-refractivity contribution in [2.45, 2.75) is 13.2 Å². The molecule has 0 fully saturated rings. The number of hydrogen-bond acceptors (Lipinski definition) is 3. The van der Waals surface area contributed by atoms with Gasteiger partial charge in [-0.2, -0.15) is 13.9 Å². The van der Waals surface area contributed by atoms with Gasteiger partial charge in [0.05, 0.1) is 19.9 Å². The van der Waals surface area contributed by atoms with E-state index >= 15 is 0 Å². The van der Waals surface area contributed by atoms with Gasteiger partial charge in [-0.15, -0.1) is 0 Å². The van der Waals surface area contributed by atoms with E-state index in [0.29, 0.717) is 27.1 Å². The Labute approximate surface area is 102 Å². The van der Waals surface area contributed by atoms with Crippen LogP contribution in [0.25, 0.3) is 11.1 Å². The van der Waals surface area contributed by atoms with E-state index in [1.54, 1.807) is 18.2 Å². The number of rotatable bonds is 4. The van der Waals surface area contributed by atoms with Crippen LogP contribution in [0.3, 0.4) is 0 Å². The van der Waals surface area contributed by atoms with Gasteiger partial charge in [-0.25, -0.2) is 4.68 Å². The molecule has 1 N–H and O–H groups in total. The van der Waals surface area contributed by atoms with Gasteiger partial charge in [-0.3, -0.25) is 0 Å². The lowest BCUT2D eigenvalue weighted by atomic mass is 10.1. The summed E-state index contributed by atoms with van der Waals surface area (Å²) < 4.78 is 30.6. The Balaban J connectivity index is 2.42. The van der Waals surface area contributed by atoms with Crippen molar-refractivity contribution in [2.75, 3.05) is 7.11 Å². The molecule has 0 radical (unpaired) electrons. The summed E-state index contributed by atoms with van der Waals surface area (Å²) in [5.74, 6) is 0.510. The van der Waals surface area contributed by atoms with Gasteiger partial charge in [0.2, 0.25) is 0 Å². The highest BCUT2D eigenvalue weighted by Crippen LogP contribution is 2.31. The third-order valence-electron chi connectivity index (χ3n) is 2.56. The van der Waals surface area contributed by atoms with Crippen LogP contribution in [0.1, 0.15) is 12.1 Å². The van der Waals surface area contributed by atoms with Gasteiger partial charge in [-0.1, -0.05) is 12.1 Å². The largest absolute Gasteiger partial charge is 0.496 e. The van der Waals surface area contributed by atoms with Crippen molar-refractivity contribution in [3.05, 3.63) is 36.2 Å². The molecule has 0 saturated carbocycles. The number of benzene rings is 1. The number of aromatic nitrogens is 2. The van der Waals surface area contributed by atoms with Crippen LogP contribution in [0, 0.1) is 0 Å². The molecule has 0 unspecified atom stereocenters. The molecule has 2 aromatic rings. The van der Waals surface area contributed by atoms with Gasteiger partial charge in [0.15, 0.2) is 0 Å². The summed E-state index contributed by atoms with van der Waals surface area (Å²) in [7, 11) is 1.48. The number of ether oxygens (including phenoxy) is 1. The third-order valence-corrected chi connectivity index (χ3v) is 2.56. The van der Waals surface area contributed by atoms with Crippen LogP contribution >= 0.6 is 0 Å². The number of aliphatic hydroxyl groups is 1. The summed E-state index contributed by atoms with van der Waals surface area (Å²) >= 11 is 0. The molecule has 0 saturated heterocycles. The van der Waals surface area contributed by atoms with Gasteiger partial charge < -0.3 is 9.84 Å². The van der Waals surface area contributed by atoms with E-state index in [2.05, 4.69) is 5.10 Å². The monoisotopic (exact) mass is 254 g/mol. The Morgan fingerprint density at radius 1 is 1.44 bits per heavy atom. The van der Waals surface area contributed by atoms with Crippen LogP contribution in [-0.2, 0) is 6.61 Å². The zero-order chi connectivity index (χ0) is 13.1. The molecule has 1 aromatic carbocycles. The molecule has 0 aliphatic rings. The highest BCUT2D eigenvalue weighted by Gasteiger charge is 2.12. The van der Waals surface area contributed by atoms with E-state index in [1.807, 2.05) is 0 Å². The first kappa shape index (κ1) is 12.5. The molecule has 0 aliphatic heterocycles. The number of alkyl halides is 2. The van der Waals surface area contributed by atoms with Gasteiger partial charge in [-0.05, 0) is 11.6 Å². The molecular weight excluding hydrogens is 242 g/mol. The molecule has 0 spiro atoms. The standard InChI is InChI=1S/C12H12F2N2O2/c1-18-11-4-8(7-17)2-3-10(11)9-5-15-16(6-9)12(13)14/h2-6,12,17H,7H2,1H3. The van der Waals surface area contributed by atoms with E-state index in [0.717, 1.165) is 0 Å². The number of nitrogens with zero attached hydrogens (tertiary/aromatic N) is 2. The second kappa shape index (κ2) is 5.14. The van der Waals surface area contributed by atoms with E-state index in [4.69, 9.17) is 9.84 Å². The summed E-state index contributed by atoms with van der Waals surface area (Å²) in [5.41, 5.74) is 1.88. The Morgan fingerprint density at radius 2 is 2.22 bits per heavy atom. The lowest BCUT2D eigenvalue weighted by Crippen LogP contribution is -1.96. The quantitative estimate of drug-likeness (QED) is 0.911. The van der Waals surface area contributed by atoms with Gasteiger partial charge in [0, 0.05) is 17.3 Å². The van der Waals surface area contributed by atoms with Crippen molar-refractivity contribution in [1.82, 2.24) is 9.78 Å². The predicted octanol–water partition coefficient (Wildman–Crippen LogP) is 2.45. The van der Waals surface area contributed by atoms with Crippen LogP contribution in [0.2, 0.25) is 0 Å². The van der Waals surface area contributed by atoms with Crippen LogP contribution < -0.4 is 4.74 Å². The average molecular weight is 254 g/mol. The average Bonchev–Trinajstić information content (AvgIpc) is 2.87. The molecule has 96 valence electrons. The first-order chi connectivity index (χ1) is 8.65. The molecule has 4 nitrogen and oxygen atoms in total. The summed E-state index contributed by atoms with van der Waals surface area (Å²) in [4.78, 5) is 0. The van der Waals surface area contributed by atoms with E-state index < -0.39 is 6.55 Å². The number of hydrogen-bond donors (Lipinski definition) is 1. The van der Waals surface area contributed by atoms with Crippen molar-refractivity contribution >= 4 is 0 Å². The fourth-order valence-corrected chi connectivity index (χ4v) is 1.66. The van der Waals surface area contributed by atoms with Crippen molar-refractivity contribution in [3.63, 3.8) is 0 Å². The second-order valence-corrected chi connectivity index (χ2v) is 3.68. The van der Waals surface area contributed by atoms with Crippen LogP contribution in [0.15, 0.2) is 30.6 Å². The first-order valence-corrected chi connectivity index (χ1v) is 5.26. The maximum atomic E-state index is 12.4.